The van der Waals surface area contributed by atoms with E-state index in [0.29, 0.717) is 30.6 Å². The summed E-state index contributed by atoms with van der Waals surface area (Å²) in [6.45, 7) is 2.22. The van der Waals surface area contributed by atoms with Crippen LogP contribution in [0.1, 0.15) is 31.2 Å². The van der Waals surface area contributed by atoms with Gasteiger partial charge >= 0.3 is 0 Å². The van der Waals surface area contributed by atoms with Crippen LogP contribution in [0.2, 0.25) is 0 Å². The quantitative estimate of drug-likeness (QED) is 0.843. The van der Waals surface area contributed by atoms with Gasteiger partial charge in [-0.15, -0.1) is 0 Å². The van der Waals surface area contributed by atoms with Gasteiger partial charge in [0, 0.05) is 18.8 Å². The van der Waals surface area contributed by atoms with Crippen LogP contribution in [0.5, 0.6) is 0 Å². The monoisotopic (exact) mass is 337 g/mol. The van der Waals surface area contributed by atoms with Crippen molar-refractivity contribution in [1.29, 1.82) is 0 Å². The van der Waals surface area contributed by atoms with Crippen molar-refractivity contribution in [2.75, 3.05) is 18.4 Å². The van der Waals surface area contributed by atoms with Gasteiger partial charge in [0.05, 0.1) is 16.7 Å². The highest BCUT2D eigenvalue weighted by atomic mass is 32.2. The molecule has 0 aliphatic carbocycles. The fourth-order valence-electron chi connectivity index (χ4n) is 3.10. The first-order chi connectivity index (χ1) is 10.8. The molecule has 2 atom stereocenters. The molecule has 7 nitrogen and oxygen atoms in total. The number of hydrogen-bond donors (Lipinski definition) is 2. The zero-order chi connectivity index (χ0) is 16.8. The Hall–Kier alpha value is -1.93. The lowest BCUT2D eigenvalue weighted by molar-refractivity contribution is -0.122. The molecule has 1 saturated heterocycles. The molecule has 0 radical (unpaired) electrons. The zero-order valence-electron chi connectivity index (χ0n) is 12.8. The summed E-state index contributed by atoms with van der Waals surface area (Å²) >= 11 is 0. The minimum absolute atomic E-state index is 0.113. The smallest absolute Gasteiger partial charge is 0.243 e. The van der Waals surface area contributed by atoms with E-state index in [4.69, 9.17) is 5.73 Å². The minimum Gasteiger partial charge on any atom is -0.369 e. The molecular formula is C15H19N3O4S. The first-order valence-corrected chi connectivity index (χ1v) is 8.99. The number of nitrogens with two attached hydrogens (primary N) is 1. The van der Waals surface area contributed by atoms with Crippen LogP contribution < -0.4 is 11.1 Å². The summed E-state index contributed by atoms with van der Waals surface area (Å²) in [4.78, 5) is 23.2. The molecule has 3 N–H and O–H groups in total. The van der Waals surface area contributed by atoms with Gasteiger partial charge in [0.2, 0.25) is 21.8 Å². The number of anilines is 1. The lowest BCUT2D eigenvalue weighted by Crippen LogP contribution is -2.44. The third kappa shape index (κ3) is 2.72. The second-order valence-electron chi connectivity index (χ2n) is 6.06. The van der Waals surface area contributed by atoms with Crippen LogP contribution in [-0.4, -0.2) is 37.6 Å². The Morgan fingerprint density at radius 2 is 2.13 bits per heavy atom. The molecular weight excluding hydrogens is 318 g/mol. The van der Waals surface area contributed by atoms with Crippen molar-refractivity contribution in [1.82, 2.24) is 4.31 Å². The molecule has 2 aliphatic rings. The number of rotatable bonds is 3. The molecule has 1 fully saturated rings. The standard InChI is InChI=1S/C15H19N3O4S/c1-9-12-7-11(4-5-13(12)17-15(9)20)23(21,22)18-6-2-3-10(8-18)14(16)19/h4-5,7,9-10H,2-3,6,8H2,1H3,(H2,16,19)(H,17,20)/t9-,10-/m0/s1. The third-order valence-electron chi connectivity index (χ3n) is 4.56. The molecule has 1 aromatic rings. The van der Waals surface area contributed by atoms with E-state index in [1.54, 1.807) is 19.1 Å². The molecule has 124 valence electrons. The van der Waals surface area contributed by atoms with Crippen molar-refractivity contribution in [2.24, 2.45) is 11.7 Å². The van der Waals surface area contributed by atoms with E-state index in [9.17, 15) is 18.0 Å². The van der Waals surface area contributed by atoms with Crippen molar-refractivity contribution in [3.05, 3.63) is 23.8 Å². The van der Waals surface area contributed by atoms with E-state index in [2.05, 4.69) is 5.32 Å². The number of carbonyl (C=O) groups is 2. The van der Waals surface area contributed by atoms with Crippen molar-refractivity contribution in [3.63, 3.8) is 0 Å². The summed E-state index contributed by atoms with van der Waals surface area (Å²) in [5.41, 5.74) is 6.64. The Bertz CT molecular complexity index is 775. The van der Waals surface area contributed by atoms with Crippen molar-refractivity contribution >= 4 is 27.5 Å². The SMILES string of the molecule is C[C@@H]1C(=O)Nc2ccc(S(=O)(=O)N3CCC[C@H](C(N)=O)C3)cc21. The lowest BCUT2D eigenvalue weighted by Gasteiger charge is -2.30. The number of amides is 2. The fourth-order valence-corrected chi connectivity index (χ4v) is 4.66. The molecule has 2 amide bonds. The van der Waals surface area contributed by atoms with Gasteiger partial charge in [-0.2, -0.15) is 4.31 Å². The Morgan fingerprint density at radius 1 is 1.39 bits per heavy atom. The van der Waals surface area contributed by atoms with Crippen LogP contribution in [0.3, 0.4) is 0 Å². The summed E-state index contributed by atoms with van der Waals surface area (Å²) in [6, 6.07) is 4.64. The van der Waals surface area contributed by atoms with Crippen LogP contribution in [0.25, 0.3) is 0 Å². The number of hydrogen-bond acceptors (Lipinski definition) is 4. The average molecular weight is 337 g/mol. The summed E-state index contributed by atoms with van der Waals surface area (Å²) in [6.07, 6.45) is 1.22. The molecule has 23 heavy (non-hydrogen) atoms. The first-order valence-electron chi connectivity index (χ1n) is 7.55. The number of nitrogens with one attached hydrogen (secondary N) is 1. The van der Waals surface area contributed by atoms with Gasteiger partial charge in [-0.25, -0.2) is 8.42 Å². The number of primary amides is 1. The van der Waals surface area contributed by atoms with Gasteiger partial charge in [-0.05, 0) is 43.5 Å². The molecule has 0 saturated carbocycles. The van der Waals surface area contributed by atoms with Crippen LogP contribution in [0.15, 0.2) is 23.1 Å². The molecule has 2 aliphatic heterocycles. The summed E-state index contributed by atoms with van der Waals surface area (Å²) in [5, 5.41) is 2.72. The number of carbonyl (C=O) groups excluding carboxylic acids is 2. The Kier molecular flexibility index (Phi) is 3.89. The van der Waals surface area contributed by atoms with Crippen molar-refractivity contribution in [2.45, 2.75) is 30.6 Å². The number of benzene rings is 1. The largest absolute Gasteiger partial charge is 0.369 e. The summed E-state index contributed by atoms with van der Waals surface area (Å²) in [5.74, 6) is -1.43. The minimum atomic E-state index is -3.70. The molecule has 0 bridgehead atoms. The van der Waals surface area contributed by atoms with Gasteiger partial charge < -0.3 is 11.1 Å². The van der Waals surface area contributed by atoms with Gasteiger partial charge in [-0.1, -0.05) is 0 Å². The normalized spacial score (nSPS) is 25.0. The predicted octanol–water partition coefficient (Wildman–Crippen LogP) is 0.628. The molecule has 3 rings (SSSR count). The maximum absolute atomic E-state index is 12.8. The van der Waals surface area contributed by atoms with Crippen molar-refractivity contribution < 1.29 is 18.0 Å². The topological polar surface area (TPSA) is 110 Å². The van der Waals surface area contributed by atoms with Crippen molar-refractivity contribution in [3.8, 4) is 0 Å². The highest BCUT2D eigenvalue weighted by Crippen LogP contribution is 2.35. The Morgan fingerprint density at radius 3 is 2.83 bits per heavy atom. The summed E-state index contributed by atoms with van der Waals surface area (Å²) in [7, 11) is -3.70. The van der Waals surface area contributed by atoms with E-state index in [-0.39, 0.29) is 23.3 Å². The average Bonchev–Trinajstić information content (AvgIpc) is 2.82. The van der Waals surface area contributed by atoms with E-state index in [1.165, 1.54) is 10.4 Å². The van der Waals surface area contributed by atoms with Gasteiger partial charge in [0.1, 0.15) is 0 Å². The number of sulfonamides is 1. The molecule has 0 unspecified atom stereocenters. The predicted molar refractivity (Wildman–Crippen MR) is 84.2 cm³/mol. The van der Waals surface area contributed by atoms with Gasteiger partial charge in [-0.3, -0.25) is 9.59 Å². The number of nitrogens with zero attached hydrogens (tertiary/aromatic N) is 1. The lowest BCUT2D eigenvalue weighted by atomic mass is 9.99. The molecule has 8 heteroatoms. The number of piperidine rings is 1. The van der Waals surface area contributed by atoms with Gasteiger partial charge in [0.25, 0.3) is 0 Å². The fraction of sp³-hybridized carbons (Fsp3) is 0.467. The third-order valence-corrected chi connectivity index (χ3v) is 6.43. The van der Waals surface area contributed by atoms with E-state index >= 15 is 0 Å². The summed E-state index contributed by atoms with van der Waals surface area (Å²) < 4.78 is 26.9. The molecule has 1 aromatic carbocycles. The van der Waals surface area contributed by atoms with Crippen LogP contribution >= 0.6 is 0 Å². The van der Waals surface area contributed by atoms with Gasteiger partial charge in [0.15, 0.2) is 0 Å². The van der Waals surface area contributed by atoms with E-state index < -0.39 is 21.8 Å². The second-order valence-corrected chi connectivity index (χ2v) is 8.00. The Balaban J connectivity index is 1.92. The molecule has 2 heterocycles. The first kappa shape index (κ1) is 15.9. The van der Waals surface area contributed by atoms with E-state index in [0.717, 1.165) is 0 Å². The van der Waals surface area contributed by atoms with Crippen LogP contribution in [0, 0.1) is 5.92 Å². The maximum atomic E-state index is 12.8. The maximum Gasteiger partial charge on any atom is 0.243 e. The highest BCUT2D eigenvalue weighted by Gasteiger charge is 2.34. The molecule has 0 aromatic heterocycles. The van der Waals surface area contributed by atoms with E-state index in [1.807, 2.05) is 0 Å². The second kappa shape index (κ2) is 5.61. The number of fused-ring (bicyclic) bond motifs is 1. The zero-order valence-corrected chi connectivity index (χ0v) is 13.6. The highest BCUT2D eigenvalue weighted by molar-refractivity contribution is 7.89. The van der Waals surface area contributed by atoms with Crippen LogP contribution in [0.4, 0.5) is 5.69 Å². The van der Waals surface area contributed by atoms with Crippen LogP contribution in [-0.2, 0) is 19.6 Å². The Labute approximate surface area is 134 Å². The molecule has 0 spiro atoms.